The number of hydrogen-bond donors (Lipinski definition) is 2. The molecule has 7 nitrogen and oxygen atoms in total. The topological polar surface area (TPSA) is 90.3 Å². The van der Waals surface area contributed by atoms with Crippen LogP contribution in [0.3, 0.4) is 0 Å². The fourth-order valence-corrected chi connectivity index (χ4v) is 4.71. The summed E-state index contributed by atoms with van der Waals surface area (Å²) < 4.78 is 19.3. The molecule has 1 fully saturated rings. The molecule has 1 saturated heterocycles. The second kappa shape index (κ2) is 12.8. The van der Waals surface area contributed by atoms with Crippen molar-refractivity contribution in [3.8, 4) is 6.07 Å². The van der Waals surface area contributed by atoms with Crippen molar-refractivity contribution in [3.63, 3.8) is 0 Å². The molecule has 0 saturated carbocycles. The van der Waals surface area contributed by atoms with Gasteiger partial charge in [-0.25, -0.2) is 4.39 Å². The largest absolute Gasteiger partial charge is 0.381 e. The molecule has 9 heteroatoms. The summed E-state index contributed by atoms with van der Waals surface area (Å²) in [4.78, 5) is 19.6. The first-order chi connectivity index (χ1) is 18.4. The Morgan fingerprint density at radius 3 is 2.82 bits per heavy atom. The third kappa shape index (κ3) is 6.67. The van der Waals surface area contributed by atoms with E-state index in [1.165, 1.54) is 18.3 Å². The first kappa shape index (κ1) is 27.5. The Kier molecular flexibility index (Phi) is 9.29. The van der Waals surface area contributed by atoms with Gasteiger partial charge in [0.25, 0.3) is 0 Å². The Balaban J connectivity index is 1.72. The van der Waals surface area contributed by atoms with E-state index in [9.17, 15) is 14.4 Å². The van der Waals surface area contributed by atoms with Crippen LogP contribution in [0, 0.1) is 23.1 Å². The minimum Gasteiger partial charge on any atom is -0.381 e. The third-order valence-corrected chi connectivity index (χ3v) is 7.01. The van der Waals surface area contributed by atoms with Crippen LogP contribution in [0.4, 0.5) is 21.5 Å². The Morgan fingerprint density at radius 2 is 2.13 bits per heavy atom. The molecule has 1 aliphatic heterocycles. The van der Waals surface area contributed by atoms with E-state index in [-0.39, 0.29) is 10.9 Å². The van der Waals surface area contributed by atoms with Crippen LogP contribution in [-0.2, 0) is 16.0 Å². The summed E-state index contributed by atoms with van der Waals surface area (Å²) in [5, 5.41) is 16.6. The van der Waals surface area contributed by atoms with Gasteiger partial charge in [-0.1, -0.05) is 31.5 Å². The Morgan fingerprint density at radius 1 is 1.32 bits per heavy atom. The van der Waals surface area contributed by atoms with Crippen molar-refractivity contribution in [1.29, 1.82) is 5.26 Å². The molecule has 0 radical (unpaired) electrons. The molecule has 0 spiro atoms. The predicted molar refractivity (Wildman–Crippen MR) is 149 cm³/mol. The molecule has 38 heavy (non-hydrogen) atoms. The fourth-order valence-electron chi connectivity index (χ4n) is 4.53. The van der Waals surface area contributed by atoms with E-state index in [1.54, 1.807) is 12.1 Å². The molecule has 0 aliphatic carbocycles. The van der Waals surface area contributed by atoms with Gasteiger partial charge >= 0.3 is 0 Å². The maximum absolute atomic E-state index is 13.7. The van der Waals surface area contributed by atoms with E-state index in [0.717, 1.165) is 38.1 Å². The van der Waals surface area contributed by atoms with E-state index in [2.05, 4.69) is 40.4 Å². The number of fused-ring (bicyclic) bond motifs is 1. The summed E-state index contributed by atoms with van der Waals surface area (Å²) in [5.74, 6) is -0.416. The van der Waals surface area contributed by atoms with Crippen molar-refractivity contribution in [1.82, 2.24) is 9.88 Å². The first-order valence-electron chi connectivity index (χ1n) is 12.8. The van der Waals surface area contributed by atoms with Crippen LogP contribution in [0.2, 0.25) is 5.02 Å². The zero-order chi connectivity index (χ0) is 27.1. The summed E-state index contributed by atoms with van der Waals surface area (Å²) >= 11 is 5.98. The van der Waals surface area contributed by atoms with Crippen molar-refractivity contribution in [3.05, 3.63) is 70.6 Å². The van der Waals surface area contributed by atoms with Gasteiger partial charge < -0.3 is 20.3 Å². The number of likely N-dealkylation sites (N-methyl/N-ethyl adjacent to an activating group) is 1. The lowest BCUT2D eigenvalue weighted by Crippen LogP contribution is -2.23. The maximum Gasteiger partial charge on any atom is 0.248 e. The van der Waals surface area contributed by atoms with E-state index in [0.29, 0.717) is 52.6 Å². The molecule has 4 rings (SSSR count). The normalized spacial score (nSPS) is 15.3. The summed E-state index contributed by atoms with van der Waals surface area (Å²) in [7, 11) is 0. The molecule has 1 amide bonds. The number of halogens is 2. The Labute approximate surface area is 227 Å². The molecular weight excluding hydrogens is 505 g/mol. The lowest BCUT2D eigenvalue weighted by Gasteiger charge is -2.18. The third-order valence-electron chi connectivity index (χ3n) is 6.72. The number of benzene rings is 2. The molecule has 2 aromatic carbocycles. The molecule has 0 unspecified atom stereocenters. The number of amides is 1. The summed E-state index contributed by atoms with van der Waals surface area (Å²) in [6.45, 7) is 8.07. The minimum absolute atomic E-state index is 0.0302. The Hall–Kier alpha value is -3.51. The van der Waals surface area contributed by atoms with Gasteiger partial charge in [0, 0.05) is 48.8 Å². The number of aromatic nitrogens is 1. The molecule has 198 valence electrons. The van der Waals surface area contributed by atoms with E-state index in [4.69, 9.17) is 16.3 Å². The van der Waals surface area contributed by atoms with Crippen molar-refractivity contribution in [2.24, 2.45) is 5.92 Å². The quantitative estimate of drug-likeness (QED) is 0.307. The van der Waals surface area contributed by atoms with Crippen LogP contribution in [0.5, 0.6) is 0 Å². The van der Waals surface area contributed by atoms with Gasteiger partial charge in [0.1, 0.15) is 11.9 Å². The second-order valence-electron chi connectivity index (χ2n) is 9.25. The average molecular weight is 536 g/mol. The number of nitriles is 1. The van der Waals surface area contributed by atoms with Gasteiger partial charge in [0.05, 0.1) is 21.8 Å². The number of nitrogens with one attached hydrogen (secondary N) is 2. The highest BCUT2D eigenvalue weighted by Crippen LogP contribution is 2.35. The minimum atomic E-state index is -0.531. The highest BCUT2D eigenvalue weighted by molar-refractivity contribution is 6.31. The predicted octanol–water partition coefficient (Wildman–Crippen LogP) is 6.06. The van der Waals surface area contributed by atoms with Crippen LogP contribution >= 0.6 is 11.6 Å². The zero-order valence-corrected chi connectivity index (χ0v) is 22.3. The van der Waals surface area contributed by atoms with Crippen LogP contribution in [0.25, 0.3) is 10.9 Å². The monoisotopic (exact) mass is 535 g/mol. The first-order valence-corrected chi connectivity index (χ1v) is 13.1. The van der Waals surface area contributed by atoms with Crippen molar-refractivity contribution >= 4 is 45.5 Å². The molecule has 1 atom stereocenters. The number of pyridine rings is 1. The SMILES string of the molecule is CCN(CC)C/C=C/C(=O)Nc1cc2c(Nc3ccc(F)c(Cl)c3)c(C#N)cnc2cc1C[C@H]1CCOC1. The number of rotatable bonds is 10. The van der Waals surface area contributed by atoms with Gasteiger partial charge in [0.2, 0.25) is 5.91 Å². The van der Waals surface area contributed by atoms with Crippen molar-refractivity contribution in [2.75, 3.05) is 43.5 Å². The van der Waals surface area contributed by atoms with E-state index < -0.39 is 5.82 Å². The number of nitrogens with zero attached hydrogens (tertiary/aromatic N) is 3. The maximum atomic E-state index is 13.7. The number of ether oxygens (including phenoxy) is 1. The van der Waals surface area contributed by atoms with Crippen LogP contribution in [-0.4, -0.2) is 48.6 Å². The summed E-state index contributed by atoms with van der Waals surface area (Å²) in [5.41, 5.74) is 3.61. The van der Waals surface area contributed by atoms with Gasteiger partial charge in [0.15, 0.2) is 0 Å². The molecule has 3 aromatic rings. The van der Waals surface area contributed by atoms with Crippen LogP contribution in [0.1, 0.15) is 31.4 Å². The standard InChI is InChI=1S/C29H31ClFN5O2/c1-3-36(4-2)10-5-6-28(37)35-26-15-23-27(13-20(26)12-19-9-11-38-18-19)33-17-21(16-32)29(23)34-22-7-8-25(31)24(30)14-22/h5-8,13-15,17,19H,3-4,9-12,18H2,1-2H3,(H,33,34)(H,35,37)/b6-5+/t19-/m1/s1. The molecule has 1 aromatic heterocycles. The zero-order valence-electron chi connectivity index (χ0n) is 21.6. The number of carbonyl (C=O) groups excluding carboxylic acids is 1. The fraction of sp³-hybridized carbons (Fsp3) is 0.345. The highest BCUT2D eigenvalue weighted by atomic mass is 35.5. The van der Waals surface area contributed by atoms with E-state index in [1.807, 2.05) is 18.2 Å². The van der Waals surface area contributed by atoms with Crippen LogP contribution in [0.15, 0.2) is 48.7 Å². The van der Waals surface area contributed by atoms with Crippen LogP contribution < -0.4 is 10.6 Å². The smallest absolute Gasteiger partial charge is 0.248 e. The lowest BCUT2D eigenvalue weighted by molar-refractivity contribution is -0.111. The molecule has 0 bridgehead atoms. The van der Waals surface area contributed by atoms with Gasteiger partial charge in [-0.3, -0.25) is 9.78 Å². The van der Waals surface area contributed by atoms with Gasteiger partial charge in [-0.2, -0.15) is 5.26 Å². The van der Waals surface area contributed by atoms with E-state index >= 15 is 0 Å². The van der Waals surface area contributed by atoms with Gasteiger partial charge in [-0.15, -0.1) is 0 Å². The molecular formula is C29H31ClFN5O2. The average Bonchev–Trinajstić information content (AvgIpc) is 3.42. The molecule has 2 heterocycles. The molecule has 1 aliphatic rings. The van der Waals surface area contributed by atoms with Crippen molar-refractivity contribution in [2.45, 2.75) is 26.7 Å². The summed E-state index contributed by atoms with van der Waals surface area (Å²) in [6.07, 6.45) is 6.59. The van der Waals surface area contributed by atoms with Gasteiger partial charge in [-0.05, 0) is 67.7 Å². The van der Waals surface area contributed by atoms with Crippen molar-refractivity contribution < 1.29 is 13.9 Å². The highest BCUT2D eigenvalue weighted by Gasteiger charge is 2.20. The number of carbonyl (C=O) groups is 1. The molecule has 2 N–H and O–H groups in total. The summed E-state index contributed by atoms with van der Waals surface area (Å²) in [6, 6.07) is 10.2. The lowest BCUT2D eigenvalue weighted by atomic mass is 9.95. The number of anilines is 3. The Bertz CT molecular complexity index is 1380. The number of hydrogen-bond acceptors (Lipinski definition) is 6. The second-order valence-corrected chi connectivity index (χ2v) is 9.66.